The van der Waals surface area contributed by atoms with Crippen LogP contribution in [0.15, 0.2) is 79.0 Å². The highest BCUT2D eigenvalue weighted by Gasteiger charge is 2.35. The predicted molar refractivity (Wildman–Crippen MR) is 193 cm³/mol. The molecule has 2 saturated heterocycles. The van der Waals surface area contributed by atoms with E-state index in [9.17, 15) is 18.0 Å². The minimum atomic E-state index is -2.90. The van der Waals surface area contributed by atoms with Crippen molar-refractivity contribution in [2.24, 2.45) is 0 Å². The van der Waals surface area contributed by atoms with Gasteiger partial charge in [-0.3, -0.25) is 14.6 Å². The standard InChI is InChI=1S/C36H41N5O5S.H2S/c1-36(2,3)46-35(43)41-18-4-5-32(41)33-37-23-31(39-33)28-12-8-26(9-13-28)27-10-14-29(15-11-27)34(42)38-30-16-6-25(7-17-30)24-40-19-21-47(44,45)22-20-40;/h6-17,23,32H,4-5,18-22,24H2,1-3H3,(H,37,39)(H,38,42);1H2/t32-;/m0./s1. The van der Waals surface area contributed by atoms with Crippen LogP contribution in [0.1, 0.15) is 61.4 Å². The van der Waals surface area contributed by atoms with Crippen LogP contribution in [-0.4, -0.2) is 76.9 Å². The maximum Gasteiger partial charge on any atom is 0.410 e. The molecule has 3 heterocycles. The fraction of sp³-hybridized carbons (Fsp3) is 0.361. The van der Waals surface area contributed by atoms with Gasteiger partial charge in [-0.25, -0.2) is 18.2 Å². The van der Waals surface area contributed by atoms with Crippen LogP contribution in [-0.2, 0) is 21.1 Å². The molecule has 1 aromatic heterocycles. The van der Waals surface area contributed by atoms with Crippen LogP contribution < -0.4 is 5.32 Å². The van der Waals surface area contributed by atoms with E-state index in [2.05, 4.69) is 20.2 Å². The van der Waals surface area contributed by atoms with Crippen LogP contribution in [0.5, 0.6) is 0 Å². The van der Waals surface area contributed by atoms with Gasteiger partial charge in [0.25, 0.3) is 5.91 Å². The Morgan fingerprint density at radius 2 is 1.50 bits per heavy atom. The van der Waals surface area contributed by atoms with Crippen molar-refractivity contribution in [2.75, 3.05) is 36.5 Å². The van der Waals surface area contributed by atoms with Crippen LogP contribution in [0.4, 0.5) is 10.5 Å². The Kier molecular flexibility index (Phi) is 10.7. The number of H-pyrrole nitrogens is 1. The van der Waals surface area contributed by atoms with E-state index in [0.717, 1.165) is 46.6 Å². The van der Waals surface area contributed by atoms with Crippen LogP contribution in [0, 0.1) is 0 Å². The zero-order valence-electron chi connectivity index (χ0n) is 27.5. The molecule has 12 heteroatoms. The quantitative estimate of drug-likeness (QED) is 0.230. The van der Waals surface area contributed by atoms with E-state index in [1.807, 2.05) is 93.6 Å². The van der Waals surface area contributed by atoms with Gasteiger partial charge in [-0.05, 0) is 80.1 Å². The number of carbonyl (C=O) groups excluding carboxylic acids is 2. The van der Waals surface area contributed by atoms with Crippen molar-refractivity contribution in [1.82, 2.24) is 19.8 Å². The zero-order valence-corrected chi connectivity index (χ0v) is 29.3. The molecule has 0 saturated carbocycles. The maximum atomic E-state index is 12.9. The van der Waals surface area contributed by atoms with Gasteiger partial charge in [0.15, 0.2) is 9.84 Å². The fourth-order valence-electron chi connectivity index (χ4n) is 5.96. The Bertz CT molecular complexity index is 1820. The van der Waals surface area contributed by atoms with Gasteiger partial charge in [0.05, 0.1) is 29.4 Å². The van der Waals surface area contributed by atoms with E-state index in [0.29, 0.717) is 37.4 Å². The smallest absolute Gasteiger partial charge is 0.410 e. The highest BCUT2D eigenvalue weighted by molar-refractivity contribution is 7.91. The van der Waals surface area contributed by atoms with Gasteiger partial charge in [-0.2, -0.15) is 13.5 Å². The molecule has 6 rings (SSSR count). The molecule has 10 nitrogen and oxygen atoms in total. The molecular formula is C36H43N5O5S2. The van der Waals surface area contributed by atoms with Crippen molar-refractivity contribution >= 4 is 41.0 Å². The lowest BCUT2D eigenvalue weighted by atomic mass is 10.0. The monoisotopic (exact) mass is 689 g/mol. The van der Waals surface area contributed by atoms with Crippen molar-refractivity contribution in [3.8, 4) is 22.4 Å². The second-order valence-corrected chi connectivity index (χ2v) is 15.6. The number of ether oxygens (including phenoxy) is 1. The molecule has 2 amide bonds. The lowest BCUT2D eigenvalue weighted by molar-refractivity contribution is 0.0218. The van der Waals surface area contributed by atoms with Gasteiger partial charge in [0, 0.05) is 37.4 Å². The number of aromatic amines is 1. The van der Waals surface area contributed by atoms with Crippen LogP contribution in [0.3, 0.4) is 0 Å². The van der Waals surface area contributed by atoms with Gasteiger partial charge in [0.1, 0.15) is 11.4 Å². The normalized spacial score (nSPS) is 17.8. The Hall–Kier alpha value is -4.13. The second-order valence-electron chi connectivity index (χ2n) is 13.2. The number of carbonyl (C=O) groups is 2. The summed E-state index contributed by atoms with van der Waals surface area (Å²) in [5, 5.41) is 2.96. The highest BCUT2D eigenvalue weighted by atomic mass is 32.2. The first-order chi connectivity index (χ1) is 22.4. The molecule has 0 radical (unpaired) electrons. The second kappa shape index (κ2) is 14.6. The lowest BCUT2D eigenvalue weighted by Gasteiger charge is -2.27. The number of amides is 2. The Labute approximate surface area is 289 Å². The van der Waals surface area contributed by atoms with E-state index in [4.69, 9.17) is 4.74 Å². The first-order valence-corrected chi connectivity index (χ1v) is 17.8. The number of aromatic nitrogens is 2. The van der Waals surface area contributed by atoms with Crippen molar-refractivity contribution in [2.45, 2.75) is 51.8 Å². The number of sulfone groups is 1. The van der Waals surface area contributed by atoms with Crippen molar-refractivity contribution < 1.29 is 22.7 Å². The van der Waals surface area contributed by atoms with Crippen LogP contribution in [0.25, 0.3) is 22.4 Å². The molecule has 2 aliphatic rings. The molecule has 2 N–H and O–H groups in total. The SMILES string of the molecule is CC(C)(C)OC(=O)N1CCC[C@H]1c1ncc(-c2ccc(-c3ccc(C(=O)Nc4ccc(CN5CCS(=O)(=O)CC5)cc4)cc3)cc2)[nH]1.S. The topological polar surface area (TPSA) is 125 Å². The Morgan fingerprint density at radius 3 is 2.12 bits per heavy atom. The van der Waals surface area contributed by atoms with Gasteiger partial charge in [0.2, 0.25) is 0 Å². The number of nitrogens with zero attached hydrogens (tertiary/aromatic N) is 3. The summed E-state index contributed by atoms with van der Waals surface area (Å²) in [6, 6.07) is 23.2. The number of rotatable bonds is 7. The lowest BCUT2D eigenvalue weighted by Crippen LogP contribution is -2.39. The number of benzene rings is 3. The largest absolute Gasteiger partial charge is 0.444 e. The summed E-state index contributed by atoms with van der Waals surface area (Å²) in [6.07, 6.45) is 3.23. The van der Waals surface area contributed by atoms with E-state index < -0.39 is 15.4 Å². The molecule has 2 aliphatic heterocycles. The van der Waals surface area contributed by atoms with Crippen molar-refractivity contribution in [1.29, 1.82) is 0 Å². The third-order valence-electron chi connectivity index (χ3n) is 8.52. The molecule has 1 atom stereocenters. The molecule has 3 aromatic carbocycles. The molecule has 48 heavy (non-hydrogen) atoms. The fourth-order valence-corrected chi connectivity index (χ4v) is 7.24. The zero-order chi connectivity index (χ0) is 33.2. The maximum absolute atomic E-state index is 12.9. The summed E-state index contributed by atoms with van der Waals surface area (Å²) in [7, 11) is -2.90. The summed E-state index contributed by atoms with van der Waals surface area (Å²) >= 11 is 0. The average Bonchev–Trinajstić information content (AvgIpc) is 3.73. The molecule has 0 spiro atoms. The minimum absolute atomic E-state index is 0. The van der Waals surface area contributed by atoms with Crippen molar-refractivity contribution in [3.05, 3.63) is 95.9 Å². The molecule has 0 aliphatic carbocycles. The van der Waals surface area contributed by atoms with E-state index >= 15 is 0 Å². The summed E-state index contributed by atoms with van der Waals surface area (Å²) in [5.41, 5.74) is 5.66. The molecule has 0 bridgehead atoms. The number of hydrogen-bond donors (Lipinski definition) is 2. The first-order valence-electron chi connectivity index (χ1n) is 16.0. The third kappa shape index (κ3) is 8.66. The molecular weight excluding hydrogens is 647 g/mol. The van der Waals surface area contributed by atoms with Gasteiger partial charge in [-0.1, -0.05) is 48.5 Å². The van der Waals surface area contributed by atoms with Crippen molar-refractivity contribution in [3.63, 3.8) is 0 Å². The van der Waals surface area contributed by atoms with Gasteiger partial charge in [-0.15, -0.1) is 0 Å². The highest BCUT2D eigenvalue weighted by Crippen LogP contribution is 2.33. The molecule has 254 valence electrons. The van der Waals surface area contributed by atoms with Crippen LogP contribution in [0.2, 0.25) is 0 Å². The average molecular weight is 690 g/mol. The van der Waals surface area contributed by atoms with Crippen LogP contribution >= 0.6 is 13.5 Å². The van der Waals surface area contributed by atoms with E-state index in [1.54, 1.807) is 11.1 Å². The number of nitrogens with one attached hydrogen (secondary N) is 2. The first kappa shape index (κ1) is 35.2. The number of likely N-dealkylation sites (tertiary alicyclic amines) is 1. The molecule has 2 fully saturated rings. The Morgan fingerprint density at radius 1 is 0.896 bits per heavy atom. The number of imidazole rings is 1. The number of anilines is 1. The summed E-state index contributed by atoms with van der Waals surface area (Å²) in [4.78, 5) is 37.6. The minimum Gasteiger partial charge on any atom is -0.444 e. The molecule has 4 aromatic rings. The summed E-state index contributed by atoms with van der Waals surface area (Å²) in [6.45, 7) is 8.04. The van der Waals surface area contributed by atoms with Gasteiger partial charge < -0.3 is 15.0 Å². The Balaban J connectivity index is 0.00000451. The third-order valence-corrected chi connectivity index (χ3v) is 10.1. The summed E-state index contributed by atoms with van der Waals surface area (Å²) < 4.78 is 28.9. The van der Waals surface area contributed by atoms with Gasteiger partial charge >= 0.3 is 6.09 Å². The van der Waals surface area contributed by atoms with E-state index in [1.165, 1.54) is 0 Å². The predicted octanol–water partition coefficient (Wildman–Crippen LogP) is 6.41. The number of hydrogen-bond acceptors (Lipinski definition) is 7. The molecule has 0 unspecified atom stereocenters. The van der Waals surface area contributed by atoms with E-state index in [-0.39, 0.29) is 43.0 Å². The summed E-state index contributed by atoms with van der Waals surface area (Å²) in [5.74, 6) is 0.977.